The molecule has 1 aromatic rings. The second-order valence-corrected chi connectivity index (χ2v) is 4.83. The molecule has 98 valence electrons. The van der Waals surface area contributed by atoms with Crippen LogP contribution in [0.15, 0.2) is 24.3 Å². The molecule has 1 aliphatic heterocycles. The molecule has 0 spiro atoms. The van der Waals surface area contributed by atoms with Crippen LogP contribution < -0.4 is 5.73 Å². The Morgan fingerprint density at radius 3 is 2.72 bits per heavy atom. The number of hydrogen-bond donors (Lipinski definition) is 1. The van der Waals surface area contributed by atoms with Crippen molar-refractivity contribution in [2.24, 2.45) is 5.92 Å². The normalized spacial score (nSPS) is 16.5. The summed E-state index contributed by atoms with van der Waals surface area (Å²) in [5.74, 6) is 0.539. The summed E-state index contributed by atoms with van der Waals surface area (Å²) in [7, 11) is 1.84. The number of nitrogen functional groups attached to an aromatic ring is 1. The van der Waals surface area contributed by atoms with E-state index in [1.165, 1.54) is 0 Å². The molecule has 1 aromatic carbocycles. The number of amides is 1. The Hall–Kier alpha value is -1.55. The molecular weight excluding hydrogens is 228 g/mol. The minimum absolute atomic E-state index is 0.000378. The lowest BCUT2D eigenvalue weighted by atomic mass is 9.99. The number of ether oxygens (including phenoxy) is 1. The van der Waals surface area contributed by atoms with E-state index in [1.54, 1.807) is 17.0 Å². The Morgan fingerprint density at radius 1 is 1.39 bits per heavy atom. The number of para-hydroxylation sites is 1. The molecule has 2 rings (SSSR count). The van der Waals surface area contributed by atoms with Gasteiger partial charge in [0.05, 0.1) is 5.56 Å². The van der Waals surface area contributed by atoms with E-state index >= 15 is 0 Å². The van der Waals surface area contributed by atoms with Crippen LogP contribution in [-0.4, -0.2) is 37.6 Å². The van der Waals surface area contributed by atoms with Crippen LogP contribution in [0.1, 0.15) is 23.2 Å². The highest BCUT2D eigenvalue weighted by atomic mass is 16.5. The van der Waals surface area contributed by atoms with Gasteiger partial charge < -0.3 is 15.4 Å². The third-order valence-corrected chi connectivity index (χ3v) is 3.41. The first kappa shape index (κ1) is 12.9. The van der Waals surface area contributed by atoms with Gasteiger partial charge in [-0.2, -0.15) is 0 Å². The highest BCUT2D eigenvalue weighted by molar-refractivity contribution is 5.98. The highest BCUT2D eigenvalue weighted by Crippen LogP contribution is 2.18. The van der Waals surface area contributed by atoms with Gasteiger partial charge in [-0.05, 0) is 30.9 Å². The number of carbonyl (C=O) groups is 1. The van der Waals surface area contributed by atoms with Gasteiger partial charge >= 0.3 is 0 Å². The number of anilines is 1. The quantitative estimate of drug-likeness (QED) is 0.829. The van der Waals surface area contributed by atoms with Crippen molar-refractivity contribution in [3.63, 3.8) is 0 Å². The second kappa shape index (κ2) is 5.87. The molecule has 18 heavy (non-hydrogen) atoms. The lowest BCUT2D eigenvalue weighted by Crippen LogP contribution is -2.34. The molecule has 0 radical (unpaired) electrons. The summed E-state index contributed by atoms with van der Waals surface area (Å²) in [5.41, 5.74) is 6.96. The summed E-state index contributed by atoms with van der Waals surface area (Å²) in [6, 6.07) is 7.21. The smallest absolute Gasteiger partial charge is 0.255 e. The second-order valence-electron chi connectivity index (χ2n) is 4.83. The Bertz CT molecular complexity index is 414. The van der Waals surface area contributed by atoms with Crippen molar-refractivity contribution in [1.29, 1.82) is 0 Å². The van der Waals surface area contributed by atoms with Crippen LogP contribution in [0.3, 0.4) is 0 Å². The molecule has 0 atom stereocenters. The number of carbonyl (C=O) groups excluding carboxylic acids is 1. The molecule has 1 amide bonds. The molecule has 1 fully saturated rings. The van der Waals surface area contributed by atoms with E-state index in [9.17, 15) is 4.79 Å². The molecule has 1 aliphatic rings. The first-order chi connectivity index (χ1) is 8.68. The van der Waals surface area contributed by atoms with Crippen molar-refractivity contribution in [2.45, 2.75) is 12.8 Å². The predicted molar refractivity (Wildman–Crippen MR) is 71.4 cm³/mol. The van der Waals surface area contributed by atoms with Crippen molar-refractivity contribution in [2.75, 3.05) is 32.5 Å². The van der Waals surface area contributed by atoms with Gasteiger partial charge in [0.25, 0.3) is 5.91 Å². The molecule has 4 heteroatoms. The molecule has 0 unspecified atom stereocenters. The van der Waals surface area contributed by atoms with Gasteiger partial charge in [-0.1, -0.05) is 12.1 Å². The third-order valence-electron chi connectivity index (χ3n) is 3.41. The number of benzene rings is 1. The van der Waals surface area contributed by atoms with E-state index in [4.69, 9.17) is 10.5 Å². The zero-order valence-corrected chi connectivity index (χ0v) is 10.8. The maximum atomic E-state index is 12.3. The lowest BCUT2D eigenvalue weighted by molar-refractivity contribution is 0.0497. The topological polar surface area (TPSA) is 55.6 Å². The van der Waals surface area contributed by atoms with E-state index in [0.29, 0.717) is 17.2 Å². The molecule has 0 saturated carbocycles. The Morgan fingerprint density at radius 2 is 2.06 bits per heavy atom. The largest absolute Gasteiger partial charge is 0.398 e. The van der Waals surface area contributed by atoms with E-state index in [0.717, 1.165) is 32.6 Å². The lowest BCUT2D eigenvalue weighted by Gasteiger charge is -2.27. The zero-order valence-electron chi connectivity index (χ0n) is 10.8. The minimum Gasteiger partial charge on any atom is -0.398 e. The maximum absolute atomic E-state index is 12.3. The SMILES string of the molecule is CN(CC1CCOCC1)C(=O)c1ccccc1N. The Balaban J connectivity index is 1.98. The molecule has 1 saturated heterocycles. The van der Waals surface area contributed by atoms with Crippen LogP contribution in [0.25, 0.3) is 0 Å². The van der Waals surface area contributed by atoms with Crippen molar-refractivity contribution in [3.05, 3.63) is 29.8 Å². The summed E-state index contributed by atoms with van der Waals surface area (Å²) in [6.07, 6.45) is 2.06. The Labute approximate surface area is 108 Å². The van der Waals surface area contributed by atoms with Gasteiger partial charge in [0.1, 0.15) is 0 Å². The maximum Gasteiger partial charge on any atom is 0.255 e. The highest BCUT2D eigenvalue weighted by Gasteiger charge is 2.20. The average Bonchev–Trinajstić information content (AvgIpc) is 2.39. The first-order valence-electron chi connectivity index (χ1n) is 6.36. The van der Waals surface area contributed by atoms with Gasteiger partial charge in [-0.25, -0.2) is 0 Å². The molecule has 0 aliphatic carbocycles. The zero-order chi connectivity index (χ0) is 13.0. The predicted octanol–water partition coefficient (Wildman–Crippen LogP) is 1.77. The van der Waals surface area contributed by atoms with E-state index < -0.39 is 0 Å². The molecular formula is C14H20N2O2. The third kappa shape index (κ3) is 3.01. The summed E-state index contributed by atoms with van der Waals surface area (Å²) in [5, 5.41) is 0. The van der Waals surface area contributed by atoms with Crippen molar-refractivity contribution in [3.8, 4) is 0 Å². The van der Waals surface area contributed by atoms with Gasteiger partial charge in [-0.3, -0.25) is 4.79 Å². The van der Waals surface area contributed by atoms with Crippen LogP contribution in [0.4, 0.5) is 5.69 Å². The van der Waals surface area contributed by atoms with Crippen molar-refractivity contribution < 1.29 is 9.53 Å². The molecule has 0 aromatic heterocycles. The number of hydrogen-bond acceptors (Lipinski definition) is 3. The number of rotatable bonds is 3. The van der Waals surface area contributed by atoms with Crippen LogP contribution in [-0.2, 0) is 4.74 Å². The van der Waals surface area contributed by atoms with Crippen LogP contribution >= 0.6 is 0 Å². The fraction of sp³-hybridized carbons (Fsp3) is 0.500. The molecule has 1 heterocycles. The average molecular weight is 248 g/mol. The Kier molecular flexibility index (Phi) is 4.20. The van der Waals surface area contributed by atoms with E-state index in [2.05, 4.69) is 0 Å². The molecule has 4 nitrogen and oxygen atoms in total. The minimum atomic E-state index is -0.000378. The van der Waals surface area contributed by atoms with Crippen molar-refractivity contribution in [1.82, 2.24) is 4.90 Å². The van der Waals surface area contributed by atoms with E-state index in [-0.39, 0.29) is 5.91 Å². The molecule has 2 N–H and O–H groups in total. The number of nitrogens with zero attached hydrogens (tertiary/aromatic N) is 1. The van der Waals surface area contributed by atoms with Gasteiger partial charge in [-0.15, -0.1) is 0 Å². The fourth-order valence-electron chi connectivity index (χ4n) is 2.30. The van der Waals surface area contributed by atoms with Crippen LogP contribution in [0.2, 0.25) is 0 Å². The summed E-state index contributed by atoms with van der Waals surface area (Å²) in [6.45, 7) is 2.39. The first-order valence-corrected chi connectivity index (χ1v) is 6.36. The monoisotopic (exact) mass is 248 g/mol. The summed E-state index contributed by atoms with van der Waals surface area (Å²) in [4.78, 5) is 14.0. The van der Waals surface area contributed by atoms with Gasteiger partial charge in [0.2, 0.25) is 0 Å². The fourth-order valence-corrected chi connectivity index (χ4v) is 2.30. The summed E-state index contributed by atoms with van der Waals surface area (Å²) >= 11 is 0. The van der Waals surface area contributed by atoms with Crippen LogP contribution in [0.5, 0.6) is 0 Å². The molecule has 0 bridgehead atoms. The van der Waals surface area contributed by atoms with Crippen LogP contribution in [0, 0.1) is 5.92 Å². The van der Waals surface area contributed by atoms with E-state index in [1.807, 2.05) is 19.2 Å². The van der Waals surface area contributed by atoms with Crippen molar-refractivity contribution >= 4 is 11.6 Å². The van der Waals surface area contributed by atoms with Gasteiger partial charge in [0.15, 0.2) is 0 Å². The summed E-state index contributed by atoms with van der Waals surface area (Å²) < 4.78 is 5.32. The van der Waals surface area contributed by atoms with Gasteiger partial charge in [0, 0.05) is 32.5 Å². The number of nitrogens with two attached hydrogens (primary N) is 1. The standard InChI is InChI=1S/C14H20N2O2/c1-16(10-11-6-8-18-9-7-11)14(17)12-4-2-3-5-13(12)15/h2-5,11H,6-10,15H2,1H3.